The fourth-order valence-corrected chi connectivity index (χ4v) is 0.795. The predicted octanol–water partition coefficient (Wildman–Crippen LogP) is 1.50. The average Bonchev–Trinajstić information content (AvgIpc) is 2.34. The largest absolute Gasteiger partial charge is 0.448 e. The summed E-state index contributed by atoms with van der Waals surface area (Å²) >= 11 is 0. The van der Waals surface area contributed by atoms with Gasteiger partial charge in [0.25, 0.3) is 6.43 Å². The summed E-state index contributed by atoms with van der Waals surface area (Å²) in [6.07, 6.45) is -1.23. The minimum Gasteiger partial charge on any atom is -0.448 e. The molecule has 1 heterocycles. The smallest absolute Gasteiger partial charge is 0.283 e. The highest BCUT2D eigenvalue weighted by Crippen LogP contribution is 2.17. The summed E-state index contributed by atoms with van der Waals surface area (Å²) in [4.78, 5) is 3.55. The summed E-state index contributed by atoms with van der Waals surface area (Å²) in [5.74, 6) is 0.264. The van der Waals surface area contributed by atoms with Gasteiger partial charge in [0.2, 0.25) is 0 Å². The Labute approximate surface area is 68.6 Å². The van der Waals surface area contributed by atoms with E-state index < -0.39 is 6.43 Å². The molecule has 0 amide bonds. The molecule has 0 aliphatic carbocycles. The average molecular weight is 176 g/mol. The number of aromatic nitrogens is 1. The van der Waals surface area contributed by atoms with Crippen molar-refractivity contribution in [3.05, 3.63) is 17.8 Å². The van der Waals surface area contributed by atoms with Crippen molar-refractivity contribution in [2.45, 2.75) is 25.8 Å². The number of hydrogen-bond acceptors (Lipinski definition) is 3. The van der Waals surface area contributed by atoms with E-state index in [9.17, 15) is 8.78 Å². The predicted molar refractivity (Wildman–Crippen MR) is 38.8 cm³/mol. The van der Waals surface area contributed by atoms with E-state index in [2.05, 4.69) is 4.98 Å². The van der Waals surface area contributed by atoms with Gasteiger partial charge in [-0.15, -0.1) is 0 Å². The number of rotatable bonds is 3. The lowest BCUT2D eigenvalue weighted by Gasteiger charge is -1.97. The molecule has 0 fully saturated rings. The van der Waals surface area contributed by atoms with Crippen molar-refractivity contribution in [2.24, 2.45) is 5.73 Å². The van der Waals surface area contributed by atoms with Crippen molar-refractivity contribution in [2.75, 3.05) is 0 Å². The summed E-state index contributed by atoms with van der Waals surface area (Å²) in [6, 6.07) is -0.130. The van der Waals surface area contributed by atoms with Crippen molar-refractivity contribution in [1.29, 1.82) is 0 Å². The van der Waals surface area contributed by atoms with Crippen LogP contribution in [-0.4, -0.2) is 11.0 Å². The van der Waals surface area contributed by atoms with Gasteiger partial charge in [0.15, 0.2) is 5.89 Å². The van der Waals surface area contributed by atoms with Gasteiger partial charge in [-0.1, -0.05) is 0 Å². The van der Waals surface area contributed by atoms with Crippen molar-refractivity contribution >= 4 is 0 Å². The first-order valence-corrected chi connectivity index (χ1v) is 3.57. The molecule has 0 bridgehead atoms. The Morgan fingerprint density at radius 3 is 2.75 bits per heavy atom. The van der Waals surface area contributed by atoms with Crippen molar-refractivity contribution < 1.29 is 13.2 Å². The Kier molecular flexibility index (Phi) is 2.75. The van der Waals surface area contributed by atoms with Crippen molar-refractivity contribution in [3.8, 4) is 0 Å². The molecule has 0 radical (unpaired) electrons. The van der Waals surface area contributed by atoms with Crippen LogP contribution >= 0.6 is 0 Å². The van der Waals surface area contributed by atoms with E-state index in [0.29, 0.717) is 6.42 Å². The molecule has 68 valence electrons. The summed E-state index contributed by atoms with van der Waals surface area (Å²) < 4.78 is 28.7. The van der Waals surface area contributed by atoms with Crippen LogP contribution in [0.25, 0.3) is 0 Å². The number of nitrogens with zero attached hydrogens (tertiary/aromatic N) is 1. The Morgan fingerprint density at radius 2 is 2.33 bits per heavy atom. The summed E-state index contributed by atoms with van der Waals surface area (Å²) in [5, 5.41) is 0. The van der Waals surface area contributed by atoms with Crippen LogP contribution in [-0.2, 0) is 6.42 Å². The summed E-state index contributed by atoms with van der Waals surface area (Å²) in [5.41, 5.74) is 5.09. The molecule has 1 rings (SSSR count). The lowest BCUT2D eigenvalue weighted by molar-refractivity contribution is 0.146. The molecule has 1 aromatic rings. The minimum absolute atomic E-state index is 0.130. The second-order valence-electron chi connectivity index (χ2n) is 2.65. The third kappa shape index (κ3) is 2.27. The molecule has 2 N–H and O–H groups in total. The number of alkyl halides is 2. The van der Waals surface area contributed by atoms with E-state index in [1.807, 2.05) is 0 Å². The molecular formula is C7H10F2N2O. The maximum atomic E-state index is 12.0. The molecule has 5 heteroatoms. The Bertz CT molecular complexity index is 247. The van der Waals surface area contributed by atoms with Crippen LogP contribution < -0.4 is 5.73 Å². The number of hydrogen-bond donors (Lipinski definition) is 1. The first kappa shape index (κ1) is 9.12. The van der Waals surface area contributed by atoms with Gasteiger partial charge in [0.05, 0.1) is 0 Å². The maximum Gasteiger partial charge on any atom is 0.283 e. The van der Waals surface area contributed by atoms with E-state index in [1.165, 1.54) is 0 Å². The highest BCUT2D eigenvalue weighted by molar-refractivity contribution is 4.98. The second kappa shape index (κ2) is 3.62. The second-order valence-corrected chi connectivity index (χ2v) is 2.65. The highest BCUT2D eigenvalue weighted by Gasteiger charge is 2.13. The van der Waals surface area contributed by atoms with Crippen molar-refractivity contribution in [1.82, 2.24) is 4.98 Å². The molecule has 0 aromatic carbocycles. The van der Waals surface area contributed by atoms with E-state index in [-0.39, 0.29) is 17.6 Å². The third-order valence-corrected chi connectivity index (χ3v) is 1.29. The monoisotopic (exact) mass is 176 g/mol. The lowest BCUT2D eigenvalue weighted by Crippen LogP contribution is -2.17. The molecule has 0 spiro atoms. The molecule has 0 aliphatic rings. The van der Waals surface area contributed by atoms with E-state index in [1.54, 1.807) is 6.92 Å². The van der Waals surface area contributed by atoms with Gasteiger partial charge in [-0.25, -0.2) is 13.8 Å². The zero-order valence-corrected chi connectivity index (χ0v) is 6.63. The third-order valence-electron chi connectivity index (χ3n) is 1.29. The van der Waals surface area contributed by atoms with E-state index in [0.717, 1.165) is 6.26 Å². The van der Waals surface area contributed by atoms with Crippen LogP contribution in [0.1, 0.15) is 24.9 Å². The van der Waals surface area contributed by atoms with Crippen LogP contribution in [0.4, 0.5) is 8.78 Å². The molecule has 1 unspecified atom stereocenters. The van der Waals surface area contributed by atoms with Crippen LogP contribution in [0.3, 0.4) is 0 Å². The molecule has 0 saturated heterocycles. The quantitative estimate of drug-likeness (QED) is 0.759. The molecule has 1 aromatic heterocycles. The lowest BCUT2D eigenvalue weighted by atomic mass is 10.2. The number of nitrogens with two attached hydrogens (primary N) is 1. The molecule has 1 atom stereocenters. The fraction of sp³-hybridized carbons (Fsp3) is 0.571. The van der Waals surface area contributed by atoms with Gasteiger partial charge >= 0.3 is 0 Å². The molecule has 3 nitrogen and oxygen atoms in total. The Morgan fingerprint density at radius 1 is 1.67 bits per heavy atom. The van der Waals surface area contributed by atoms with Gasteiger partial charge in [-0.05, 0) is 6.92 Å². The van der Waals surface area contributed by atoms with Gasteiger partial charge in [0, 0.05) is 12.5 Å². The fourth-order valence-electron chi connectivity index (χ4n) is 0.795. The SMILES string of the molecule is CC(N)Cc1nc(C(F)F)co1. The molecular weight excluding hydrogens is 166 g/mol. The normalized spacial score (nSPS) is 13.8. The molecule has 0 saturated carbocycles. The van der Waals surface area contributed by atoms with Crippen LogP contribution in [0.2, 0.25) is 0 Å². The number of oxazole rings is 1. The van der Waals surface area contributed by atoms with Crippen LogP contribution in [0.15, 0.2) is 10.7 Å². The zero-order valence-electron chi connectivity index (χ0n) is 6.63. The topological polar surface area (TPSA) is 52.0 Å². The van der Waals surface area contributed by atoms with E-state index in [4.69, 9.17) is 10.2 Å². The van der Waals surface area contributed by atoms with Gasteiger partial charge in [0.1, 0.15) is 12.0 Å². The summed E-state index contributed by atoms with van der Waals surface area (Å²) in [6.45, 7) is 1.76. The first-order chi connectivity index (χ1) is 5.59. The van der Waals surface area contributed by atoms with Crippen LogP contribution in [0.5, 0.6) is 0 Å². The highest BCUT2D eigenvalue weighted by atomic mass is 19.3. The Balaban J connectivity index is 2.64. The standard InChI is InChI=1S/C7H10F2N2O/c1-4(10)2-6-11-5(3-12-6)7(8)9/h3-4,7H,2,10H2,1H3. The molecule has 0 aliphatic heterocycles. The van der Waals surface area contributed by atoms with E-state index >= 15 is 0 Å². The minimum atomic E-state index is -2.57. The maximum absolute atomic E-state index is 12.0. The zero-order chi connectivity index (χ0) is 9.14. The van der Waals surface area contributed by atoms with Crippen LogP contribution in [0, 0.1) is 0 Å². The van der Waals surface area contributed by atoms with Crippen molar-refractivity contribution in [3.63, 3.8) is 0 Å². The number of halogens is 2. The summed E-state index contributed by atoms with van der Waals surface area (Å²) in [7, 11) is 0. The first-order valence-electron chi connectivity index (χ1n) is 3.57. The van der Waals surface area contributed by atoms with Gasteiger partial charge in [-0.2, -0.15) is 0 Å². The molecule has 12 heavy (non-hydrogen) atoms. The van der Waals surface area contributed by atoms with Gasteiger partial charge < -0.3 is 10.2 Å². The Hall–Kier alpha value is -0.970. The van der Waals surface area contributed by atoms with Gasteiger partial charge in [-0.3, -0.25) is 0 Å².